The highest BCUT2D eigenvalue weighted by molar-refractivity contribution is 8.16. The molecule has 15 heteroatoms. The molecule has 3 aromatic carbocycles. The maximum Gasteiger partial charge on any atom is 0.573 e. The number of hydrogen-bond acceptors (Lipinski definition) is 7. The van der Waals surface area contributed by atoms with E-state index in [1.807, 2.05) is 32.9 Å². The van der Waals surface area contributed by atoms with Crippen LogP contribution >= 0.6 is 11.8 Å². The standard InChI is InChI=1S/C30H25F4N7O3S/c1-17(2)23-13-4-18(3)14-24(23)41-27(42)25(31)45-29(41)37-28(43)38-36-15-19-5-7-20(8-6-19)26-35-16-40(39-26)21-9-11-22(12-10-21)44-30(32,33)34/h4-17,25H,1-3H3,(H,38,43)/b36-15+,37-29-. The van der Waals surface area contributed by atoms with Gasteiger partial charge < -0.3 is 4.74 Å². The van der Waals surface area contributed by atoms with Gasteiger partial charge in [-0.15, -0.1) is 18.3 Å². The van der Waals surface area contributed by atoms with Gasteiger partial charge in [0.15, 0.2) is 11.0 Å². The summed E-state index contributed by atoms with van der Waals surface area (Å²) in [7, 11) is 0. The van der Waals surface area contributed by atoms with Crippen LogP contribution in [0, 0.1) is 6.92 Å². The van der Waals surface area contributed by atoms with E-state index in [4.69, 9.17) is 0 Å². The Morgan fingerprint density at radius 2 is 1.80 bits per heavy atom. The average molecular weight is 640 g/mol. The molecule has 0 aliphatic carbocycles. The molecule has 1 fully saturated rings. The number of aryl methyl sites for hydroxylation is 1. The third-order valence-electron chi connectivity index (χ3n) is 6.43. The van der Waals surface area contributed by atoms with E-state index in [2.05, 4.69) is 30.3 Å². The van der Waals surface area contributed by atoms with Gasteiger partial charge in [-0.05, 0) is 71.6 Å². The lowest BCUT2D eigenvalue weighted by Gasteiger charge is -2.22. The van der Waals surface area contributed by atoms with Gasteiger partial charge in [-0.25, -0.2) is 24.3 Å². The number of nitrogens with zero attached hydrogens (tertiary/aromatic N) is 6. The molecule has 1 saturated heterocycles. The van der Waals surface area contributed by atoms with E-state index in [0.717, 1.165) is 16.0 Å². The third kappa shape index (κ3) is 7.55. The topological polar surface area (TPSA) is 114 Å². The number of aliphatic imine (C=N–C) groups is 1. The number of anilines is 1. The highest BCUT2D eigenvalue weighted by Gasteiger charge is 2.41. The van der Waals surface area contributed by atoms with E-state index in [1.165, 1.54) is 41.5 Å². The van der Waals surface area contributed by atoms with Gasteiger partial charge in [-0.3, -0.25) is 9.69 Å². The number of aromatic nitrogens is 3. The fourth-order valence-corrected chi connectivity index (χ4v) is 5.16. The van der Waals surface area contributed by atoms with Crippen molar-refractivity contribution >= 4 is 40.8 Å². The van der Waals surface area contributed by atoms with E-state index in [-0.39, 0.29) is 16.8 Å². The first-order valence-electron chi connectivity index (χ1n) is 13.4. The van der Waals surface area contributed by atoms with Crippen LogP contribution in [0.4, 0.5) is 28.0 Å². The fourth-order valence-electron chi connectivity index (χ4n) is 4.34. The van der Waals surface area contributed by atoms with Gasteiger partial charge in [0.25, 0.3) is 5.91 Å². The number of carbonyl (C=O) groups excluding carboxylic acids is 2. The number of hydrogen-bond donors (Lipinski definition) is 1. The van der Waals surface area contributed by atoms with E-state index in [9.17, 15) is 27.2 Å². The summed E-state index contributed by atoms with van der Waals surface area (Å²) in [5, 5.41) is 8.17. The highest BCUT2D eigenvalue weighted by Crippen LogP contribution is 2.37. The minimum absolute atomic E-state index is 0.0390. The predicted octanol–water partition coefficient (Wildman–Crippen LogP) is 6.74. The molecule has 0 spiro atoms. The second kappa shape index (κ2) is 12.9. The van der Waals surface area contributed by atoms with Gasteiger partial charge in [-0.2, -0.15) is 10.1 Å². The first-order valence-corrected chi connectivity index (χ1v) is 14.3. The molecule has 3 amide bonds. The molecule has 45 heavy (non-hydrogen) atoms. The quantitative estimate of drug-likeness (QED) is 0.136. The van der Waals surface area contributed by atoms with Gasteiger partial charge in [0.05, 0.1) is 17.6 Å². The zero-order valence-electron chi connectivity index (χ0n) is 24.0. The Bertz CT molecular complexity index is 1770. The van der Waals surface area contributed by atoms with Crippen molar-refractivity contribution in [3.63, 3.8) is 0 Å². The minimum Gasteiger partial charge on any atom is -0.406 e. The van der Waals surface area contributed by atoms with Gasteiger partial charge in [0.2, 0.25) is 5.50 Å². The van der Waals surface area contributed by atoms with Crippen molar-refractivity contribution in [2.75, 3.05) is 4.90 Å². The number of carbonyl (C=O) groups is 2. The summed E-state index contributed by atoms with van der Waals surface area (Å²) >= 11 is 0.550. The lowest BCUT2D eigenvalue weighted by molar-refractivity contribution is -0.274. The molecule has 1 aliphatic rings. The number of amides is 3. The second-order valence-corrected chi connectivity index (χ2v) is 11.1. The third-order valence-corrected chi connectivity index (χ3v) is 7.32. The van der Waals surface area contributed by atoms with E-state index >= 15 is 0 Å². The van der Waals surface area contributed by atoms with Crippen molar-refractivity contribution in [3.05, 3.63) is 89.7 Å². The van der Waals surface area contributed by atoms with Crippen LogP contribution < -0.4 is 15.1 Å². The molecule has 2 heterocycles. The Hall–Kier alpha value is -5.05. The summed E-state index contributed by atoms with van der Waals surface area (Å²) in [6.07, 6.45) is -1.98. The van der Waals surface area contributed by atoms with Crippen LogP contribution in [-0.2, 0) is 4.79 Å². The number of rotatable bonds is 7. The van der Waals surface area contributed by atoms with Crippen LogP contribution in [0.5, 0.6) is 5.75 Å². The Labute approximate surface area is 258 Å². The van der Waals surface area contributed by atoms with Crippen LogP contribution in [0.25, 0.3) is 17.1 Å². The molecule has 0 saturated carbocycles. The Kier molecular flexibility index (Phi) is 8.99. The SMILES string of the molecule is Cc1ccc(C(C)C)c(N2C(=O)C(F)S/C2=N\C(=O)N/N=C/c2ccc(-c3ncn(-c4ccc(OC(F)(F)F)cc4)n3)cc2)c1. The molecule has 1 unspecified atom stereocenters. The molecule has 5 rings (SSSR count). The van der Waals surface area contributed by atoms with Crippen molar-refractivity contribution in [3.8, 4) is 22.8 Å². The van der Waals surface area contributed by atoms with Crippen LogP contribution in [0.3, 0.4) is 0 Å². The summed E-state index contributed by atoms with van der Waals surface area (Å²) in [6, 6.07) is 16.7. The maximum absolute atomic E-state index is 14.4. The summed E-state index contributed by atoms with van der Waals surface area (Å²) in [4.78, 5) is 34.5. The Morgan fingerprint density at radius 3 is 2.47 bits per heavy atom. The molecule has 1 aliphatic heterocycles. The van der Waals surface area contributed by atoms with Crippen molar-refractivity contribution in [2.45, 2.75) is 38.6 Å². The molecule has 1 atom stereocenters. The van der Waals surface area contributed by atoms with Crippen molar-refractivity contribution in [2.24, 2.45) is 10.1 Å². The first-order chi connectivity index (χ1) is 21.4. The summed E-state index contributed by atoms with van der Waals surface area (Å²) in [6.45, 7) is 5.75. The number of ether oxygens (including phenoxy) is 1. The average Bonchev–Trinajstić information content (AvgIpc) is 3.57. The van der Waals surface area contributed by atoms with Gasteiger partial charge >= 0.3 is 12.4 Å². The van der Waals surface area contributed by atoms with Crippen molar-refractivity contribution in [1.82, 2.24) is 20.2 Å². The minimum atomic E-state index is -4.78. The lowest BCUT2D eigenvalue weighted by atomic mass is 9.99. The zero-order chi connectivity index (χ0) is 32.3. The first kappa shape index (κ1) is 31.4. The largest absolute Gasteiger partial charge is 0.573 e. The number of nitrogens with one attached hydrogen (secondary N) is 1. The number of alkyl halides is 4. The molecule has 232 valence electrons. The Balaban J connectivity index is 1.23. The zero-order valence-corrected chi connectivity index (χ0v) is 24.8. The van der Waals surface area contributed by atoms with Gasteiger partial charge in [0, 0.05) is 5.56 Å². The molecular formula is C30H25F4N7O3S. The Morgan fingerprint density at radius 1 is 1.09 bits per heavy atom. The monoisotopic (exact) mass is 639 g/mol. The van der Waals surface area contributed by atoms with E-state index < -0.39 is 23.8 Å². The smallest absolute Gasteiger partial charge is 0.406 e. The second-order valence-electron chi connectivity index (χ2n) is 10.1. The van der Waals surface area contributed by atoms with E-state index in [0.29, 0.717) is 40.1 Å². The molecule has 1 N–H and O–H groups in total. The summed E-state index contributed by atoms with van der Waals surface area (Å²) in [5.74, 6) is -0.753. The van der Waals surface area contributed by atoms with Crippen LogP contribution in [0.15, 0.2) is 83.2 Å². The summed E-state index contributed by atoms with van der Waals surface area (Å²) < 4.78 is 56.9. The van der Waals surface area contributed by atoms with E-state index in [1.54, 1.807) is 30.3 Å². The maximum atomic E-state index is 14.4. The van der Waals surface area contributed by atoms with Crippen LogP contribution in [0.1, 0.15) is 36.5 Å². The normalized spacial score (nSPS) is 16.3. The molecule has 4 aromatic rings. The van der Waals surface area contributed by atoms with Crippen molar-refractivity contribution < 1.29 is 31.9 Å². The lowest BCUT2D eigenvalue weighted by Crippen LogP contribution is -2.33. The number of halogens is 4. The number of urea groups is 1. The summed E-state index contributed by atoms with van der Waals surface area (Å²) in [5.41, 5.74) is 4.28. The molecule has 0 radical (unpaired) electrons. The molecule has 10 nitrogen and oxygen atoms in total. The fraction of sp³-hybridized carbons (Fsp3) is 0.200. The van der Waals surface area contributed by atoms with Gasteiger partial charge in [-0.1, -0.05) is 50.2 Å². The van der Waals surface area contributed by atoms with Crippen LogP contribution in [-0.4, -0.2) is 50.0 Å². The molecular weight excluding hydrogens is 614 g/mol. The molecule has 0 bridgehead atoms. The number of benzene rings is 3. The van der Waals surface area contributed by atoms with Crippen molar-refractivity contribution in [1.29, 1.82) is 0 Å². The number of hydrazone groups is 1. The van der Waals surface area contributed by atoms with Crippen LogP contribution in [0.2, 0.25) is 0 Å². The van der Waals surface area contributed by atoms with Gasteiger partial charge in [0.1, 0.15) is 12.1 Å². The number of amidine groups is 1. The highest BCUT2D eigenvalue weighted by atomic mass is 32.2. The molecule has 1 aromatic heterocycles. The number of thioether (sulfide) groups is 1. The predicted molar refractivity (Wildman–Crippen MR) is 162 cm³/mol.